The fraction of sp³-hybridized carbons (Fsp3) is 0.185. The molecule has 4 aromatic rings. The van der Waals surface area contributed by atoms with E-state index in [2.05, 4.69) is 48.5 Å². The lowest BCUT2D eigenvalue weighted by Crippen LogP contribution is -2.24. The normalized spacial score (nSPS) is 12.7. The lowest BCUT2D eigenvalue weighted by atomic mass is 10.0. The average molecular weight is 473 g/mol. The van der Waals surface area contributed by atoms with Crippen molar-refractivity contribution in [2.24, 2.45) is 0 Å². The molecule has 4 nitrogen and oxygen atoms in total. The van der Waals surface area contributed by atoms with E-state index in [9.17, 15) is 4.79 Å². The second-order valence-corrected chi connectivity index (χ2v) is 9.83. The van der Waals surface area contributed by atoms with E-state index in [1.165, 1.54) is 11.1 Å². The summed E-state index contributed by atoms with van der Waals surface area (Å²) in [5, 5.41) is 0.725. The number of hydrogen-bond acceptors (Lipinski definition) is 5. The first-order valence-electron chi connectivity index (χ1n) is 11.0. The molecule has 0 spiro atoms. The highest BCUT2D eigenvalue weighted by Crippen LogP contribution is 2.41. The summed E-state index contributed by atoms with van der Waals surface area (Å²) < 4.78 is 7.36. The molecule has 0 fully saturated rings. The number of thioether (sulfide) groups is 2. The van der Waals surface area contributed by atoms with E-state index in [1.54, 1.807) is 28.1 Å². The highest BCUT2D eigenvalue weighted by atomic mass is 32.2. The van der Waals surface area contributed by atoms with Gasteiger partial charge in [-0.2, -0.15) is 0 Å². The van der Waals surface area contributed by atoms with Crippen LogP contribution in [0.25, 0.3) is 5.69 Å². The Kier molecular flexibility index (Phi) is 6.55. The second kappa shape index (κ2) is 9.89. The molecular weight excluding hydrogens is 448 g/mol. The third kappa shape index (κ3) is 4.59. The third-order valence-corrected chi connectivity index (χ3v) is 7.87. The minimum absolute atomic E-state index is 0.00836. The Bertz CT molecular complexity index is 1250. The molecule has 0 radical (unpaired) electrons. The van der Waals surface area contributed by atoms with Crippen molar-refractivity contribution >= 4 is 23.5 Å². The van der Waals surface area contributed by atoms with Gasteiger partial charge in [0, 0.05) is 12.2 Å². The van der Waals surface area contributed by atoms with E-state index in [1.807, 2.05) is 43.3 Å². The number of aryl methyl sites for hydroxylation is 1. The summed E-state index contributed by atoms with van der Waals surface area (Å²) in [4.78, 5) is 19.4. The summed E-state index contributed by atoms with van der Waals surface area (Å²) in [7, 11) is 0. The predicted octanol–water partition coefficient (Wildman–Crippen LogP) is 6.16. The van der Waals surface area contributed by atoms with Crippen LogP contribution in [0, 0.1) is 0 Å². The highest BCUT2D eigenvalue weighted by Gasteiger charge is 2.25. The first kappa shape index (κ1) is 21.9. The molecule has 0 saturated carbocycles. The Hall–Kier alpha value is -2.96. The van der Waals surface area contributed by atoms with Crippen molar-refractivity contribution in [2.45, 2.75) is 28.6 Å². The summed E-state index contributed by atoms with van der Waals surface area (Å²) in [6, 6.07) is 28.5. The fourth-order valence-electron chi connectivity index (χ4n) is 3.95. The Balaban J connectivity index is 1.63. The summed E-state index contributed by atoms with van der Waals surface area (Å²) in [6.07, 6.45) is 0.828. The monoisotopic (exact) mass is 472 g/mol. The zero-order valence-corrected chi connectivity index (χ0v) is 19.9. The van der Waals surface area contributed by atoms with Gasteiger partial charge in [-0.3, -0.25) is 9.36 Å². The molecule has 1 aromatic heterocycles. The summed E-state index contributed by atoms with van der Waals surface area (Å²) in [6.45, 7) is 2.56. The molecule has 0 unspecified atom stereocenters. The van der Waals surface area contributed by atoms with Crippen molar-refractivity contribution < 1.29 is 4.74 Å². The summed E-state index contributed by atoms with van der Waals surface area (Å²) in [5.74, 6) is 1.69. The zero-order valence-electron chi connectivity index (χ0n) is 18.3. The number of benzene rings is 3. The topological polar surface area (TPSA) is 44.1 Å². The summed E-state index contributed by atoms with van der Waals surface area (Å²) in [5.41, 5.74) is 4.07. The molecule has 166 valence electrons. The van der Waals surface area contributed by atoms with E-state index in [-0.39, 0.29) is 10.8 Å². The van der Waals surface area contributed by atoms with Crippen LogP contribution >= 0.6 is 23.5 Å². The van der Waals surface area contributed by atoms with Gasteiger partial charge in [0.15, 0.2) is 5.16 Å². The molecule has 1 aliphatic rings. The van der Waals surface area contributed by atoms with Gasteiger partial charge in [-0.25, -0.2) is 4.98 Å². The van der Waals surface area contributed by atoms with Crippen LogP contribution in [-0.4, -0.2) is 21.9 Å². The van der Waals surface area contributed by atoms with Crippen LogP contribution in [0.15, 0.2) is 99.8 Å². The highest BCUT2D eigenvalue weighted by molar-refractivity contribution is 8.00. The molecule has 0 saturated heterocycles. The standard InChI is InChI=1S/C27H24N2O2S2/c1-2-31-22-15-13-21(14-16-22)29-26(30)25-23(17-18-32-25)28-27(29)33-24(19-9-5-3-6-10-19)20-11-7-4-8-12-20/h3-16,24H,2,17-18H2,1H3. The van der Waals surface area contributed by atoms with E-state index in [0.717, 1.165) is 34.2 Å². The summed E-state index contributed by atoms with van der Waals surface area (Å²) >= 11 is 3.23. The minimum atomic E-state index is 0.00836. The van der Waals surface area contributed by atoms with E-state index in [4.69, 9.17) is 9.72 Å². The Labute approximate surface area is 202 Å². The van der Waals surface area contributed by atoms with Crippen molar-refractivity contribution in [3.8, 4) is 11.4 Å². The van der Waals surface area contributed by atoms with Crippen LogP contribution in [-0.2, 0) is 6.42 Å². The maximum atomic E-state index is 13.6. The molecule has 0 bridgehead atoms. The number of ether oxygens (including phenoxy) is 1. The predicted molar refractivity (Wildman–Crippen MR) is 136 cm³/mol. The molecule has 0 N–H and O–H groups in total. The smallest absolute Gasteiger partial charge is 0.272 e. The quantitative estimate of drug-likeness (QED) is 0.238. The van der Waals surface area contributed by atoms with Crippen molar-refractivity contribution in [3.63, 3.8) is 0 Å². The maximum Gasteiger partial charge on any atom is 0.272 e. The van der Waals surface area contributed by atoms with Crippen LogP contribution in [0.1, 0.15) is 29.0 Å². The molecule has 0 aliphatic carbocycles. The van der Waals surface area contributed by atoms with Gasteiger partial charge in [-0.15, -0.1) is 11.8 Å². The van der Waals surface area contributed by atoms with Gasteiger partial charge in [0.05, 0.1) is 28.1 Å². The van der Waals surface area contributed by atoms with Gasteiger partial charge in [-0.1, -0.05) is 72.4 Å². The number of rotatable bonds is 7. The molecule has 1 aliphatic heterocycles. The number of fused-ring (bicyclic) bond motifs is 1. The molecular formula is C27H24N2O2S2. The van der Waals surface area contributed by atoms with Crippen LogP contribution < -0.4 is 10.3 Å². The molecule has 6 heteroatoms. The van der Waals surface area contributed by atoms with Crippen LogP contribution in [0.2, 0.25) is 0 Å². The molecule has 0 amide bonds. The van der Waals surface area contributed by atoms with Crippen molar-refractivity contribution in [3.05, 3.63) is 112 Å². The van der Waals surface area contributed by atoms with Crippen molar-refractivity contribution in [1.82, 2.24) is 9.55 Å². The van der Waals surface area contributed by atoms with Gasteiger partial charge < -0.3 is 4.74 Å². The Morgan fingerprint density at radius 3 is 2.21 bits per heavy atom. The first-order chi connectivity index (χ1) is 16.2. The van der Waals surface area contributed by atoms with E-state index < -0.39 is 0 Å². The van der Waals surface area contributed by atoms with Gasteiger partial charge in [0.2, 0.25) is 0 Å². The lowest BCUT2D eigenvalue weighted by molar-refractivity contribution is 0.340. The maximum absolute atomic E-state index is 13.6. The molecule has 2 heterocycles. The molecule has 33 heavy (non-hydrogen) atoms. The fourth-order valence-corrected chi connectivity index (χ4v) is 6.23. The molecule has 5 rings (SSSR count). The van der Waals surface area contributed by atoms with E-state index in [0.29, 0.717) is 11.8 Å². The zero-order chi connectivity index (χ0) is 22.6. The van der Waals surface area contributed by atoms with Crippen molar-refractivity contribution in [1.29, 1.82) is 0 Å². The van der Waals surface area contributed by atoms with E-state index >= 15 is 0 Å². The van der Waals surface area contributed by atoms with Crippen LogP contribution in [0.3, 0.4) is 0 Å². The largest absolute Gasteiger partial charge is 0.494 e. The molecule has 0 atom stereocenters. The second-order valence-electron chi connectivity index (χ2n) is 7.66. The van der Waals surface area contributed by atoms with Gasteiger partial charge >= 0.3 is 0 Å². The number of nitrogens with zero attached hydrogens (tertiary/aromatic N) is 2. The van der Waals surface area contributed by atoms with Crippen LogP contribution in [0.5, 0.6) is 5.75 Å². The number of aromatic nitrogens is 2. The molecule has 3 aromatic carbocycles. The van der Waals surface area contributed by atoms with Crippen LogP contribution in [0.4, 0.5) is 0 Å². The van der Waals surface area contributed by atoms with Crippen molar-refractivity contribution in [2.75, 3.05) is 12.4 Å². The third-order valence-electron chi connectivity index (χ3n) is 5.50. The van der Waals surface area contributed by atoms with Gasteiger partial charge in [0.1, 0.15) is 5.75 Å². The number of hydrogen-bond donors (Lipinski definition) is 0. The minimum Gasteiger partial charge on any atom is -0.494 e. The first-order valence-corrected chi connectivity index (χ1v) is 12.9. The SMILES string of the molecule is CCOc1ccc(-n2c(SC(c3ccccc3)c3ccccc3)nc3c(c2=O)SCC3)cc1. The average Bonchev–Trinajstić information content (AvgIpc) is 3.34. The van der Waals surface area contributed by atoms with Gasteiger partial charge in [-0.05, 0) is 42.3 Å². The van der Waals surface area contributed by atoms with Gasteiger partial charge in [0.25, 0.3) is 5.56 Å². The Morgan fingerprint density at radius 1 is 0.970 bits per heavy atom. The lowest BCUT2D eigenvalue weighted by Gasteiger charge is -2.20. The Morgan fingerprint density at radius 2 is 1.61 bits per heavy atom.